The number of nitrogens with zero attached hydrogens (tertiary/aromatic N) is 2. The minimum atomic E-state index is -0.165. The largest absolute Gasteiger partial charge is 0.355 e. The molecule has 38 heavy (non-hydrogen) atoms. The number of para-hydroxylation sites is 1. The van der Waals surface area contributed by atoms with Crippen LogP contribution >= 0.6 is 23.4 Å². The second-order valence-corrected chi connectivity index (χ2v) is 10.8. The molecule has 2 amide bonds. The third kappa shape index (κ3) is 8.20. The van der Waals surface area contributed by atoms with Gasteiger partial charge in [-0.3, -0.25) is 19.0 Å². The van der Waals surface area contributed by atoms with Gasteiger partial charge in [0.2, 0.25) is 11.8 Å². The van der Waals surface area contributed by atoms with E-state index in [0.29, 0.717) is 47.1 Å². The summed E-state index contributed by atoms with van der Waals surface area (Å²) in [7, 11) is 0. The lowest BCUT2D eigenvalue weighted by molar-refractivity contribution is -0.121. The van der Waals surface area contributed by atoms with E-state index in [1.54, 1.807) is 28.8 Å². The first-order valence-corrected chi connectivity index (χ1v) is 14.4. The van der Waals surface area contributed by atoms with Crippen LogP contribution in [0.15, 0.2) is 70.1 Å². The Morgan fingerprint density at radius 1 is 1.05 bits per heavy atom. The van der Waals surface area contributed by atoms with E-state index in [9.17, 15) is 14.4 Å². The van der Waals surface area contributed by atoms with Gasteiger partial charge in [-0.05, 0) is 68.4 Å². The number of allylic oxidation sites excluding steroid dienone is 1. The molecule has 0 saturated heterocycles. The van der Waals surface area contributed by atoms with Gasteiger partial charge in [0.05, 0.1) is 16.7 Å². The van der Waals surface area contributed by atoms with Gasteiger partial charge in [0.1, 0.15) is 0 Å². The molecular formula is C29H33ClN4O3S. The van der Waals surface area contributed by atoms with E-state index in [2.05, 4.69) is 21.7 Å². The molecule has 0 unspecified atom stereocenters. The van der Waals surface area contributed by atoms with E-state index in [1.165, 1.54) is 30.2 Å². The molecule has 0 fully saturated rings. The first-order valence-electron chi connectivity index (χ1n) is 13.1. The molecule has 2 N–H and O–H groups in total. The summed E-state index contributed by atoms with van der Waals surface area (Å²) in [5, 5.41) is 7.51. The normalized spacial score (nSPS) is 13.2. The zero-order chi connectivity index (χ0) is 26.7. The highest BCUT2D eigenvalue weighted by Gasteiger charge is 2.14. The van der Waals surface area contributed by atoms with Crippen LogP contribution in [-0.2, 0) is 22.7 Å². The third-order valence-corrected chi connectivity index (χ3v) is 7.69. The van der Waals surface area contributed by atoms with Crippen LogP contribution in [0.5, 0.6) is 0 Å². The van der Waals surface area contributed by atoms with E-state index in [0.717, 1.165) is 24.8 Å². The predicted octanol–water partition coefficient (Wildman–Crippen LogP) is 5.25. The number of nitrogens with one attached hydrogen (secondary N) is 2. The summed E-state index contributed by atoms with van der Waals surface area (Å²) in [6.45, 7) is 1.34. The number of rotatable bonds is 12. The molecule has 2 aromatic carbocycles. The van der Waals surface area contributed by atoms with Crippen molar-refractivity contribution in [2.45, 2.75) is 63.2 Å². The molecule has 7 nitrogen and oxygen atoms in total. The Kier molecular flexibility index (Phi) is 10.4. The molecule has 200 valence electrons. The average Bonchev–Trinajstić information content (AvgIpc) is 2.93. The SMILES string of the molecule is O=C(CCCn1c(SCC(=O)NCCC2=CCCCC2)nc2ccccc2c1=O)NCc1cccc(Cl)c1. The van der Waals surface area contributed by atoms with Crippen LogP contribution in [0.25, 0.3) is 10.9 Å². The Morgan fingerprint density at radius 3 is 2.74 bits per heavy atom. The minimum Gasteiger partial charge on any atom is -0.355 e. The van der Waals surface area contributed by atoms with E-state index >= 15 is 0 Å². The fourth-order valence-electron chi connectivity index (χ4n) is 4.46. The molecule has 3 aromatic rings. The van der Waals surface area contributed by atoms with Crippen molar-refractivity contribution in [3.05, 3.63) is 81.1 Å². The Bertz CT molecular complexity index is 1370. The van der Waals surface area contributed by atoms with Crippen molar-refractivity contribution in [2.75, 3.05) is 12.3 Å². The lowest BCUT2D eigenvalue weighted by Gasteiger charge is -2.14. The lowest BCUT2D eigenvalue weighted by Crippen LogP contribution is -2.28. The van der Waals surface area contributed by atoms with Crippen LogP contribution in [0.1, 0.15) is 50.5 Å². The molecular weight excluding hydrogens is 520 g/mol. The number of carbonyl (C=O) groups is 2. The van der Waals surface area contributed by atoms with Gasteiger partial charge >= 0.3 is 0 Å². The average molecular weight is 553 g/mol. The third-order valence-electron chi connectivity index (χ3n) is 6.48. The van der Waals surface area contributed by atoms with Crippen LogP contribution in [0, 0.1) is 0 Å². The van der Waals surface area contributed by atoms with Gasteiger partial charge in [-0.15, -0.1) is 0 Å². The zero-order valence-corrected chi connectivity index (χ0v) is 23.0. The van der Waals surface area contributed by atoms with E-state index in [-0.39, 0.29) is 29.5 Å². The summed E-state index contributed by atoms with van der Waals surface area (Å²) < 4.78 is 1.58. The highest BCUT2D eigenvalue weighted by atomic mass is 35.5. The first kappa shape index (κ1) is 27.9. The fourth-order valence-corrected chi connectivity index (χ4v) is 5.53. The summed E-state index contributed by atoms with van der Waals surface area (Å²) in [5.74, 6) is -0.0153. The van der Waals surface area contributed by atoms with Crippen LogP contribution in [0.4, 0.5) is 0 Å². The second kappa shape index (κ2) is 14.2. The van der Waals surface area contributed by atoms with Gasteiger partial charge in [-0.2, -0.15) is 0 Å². The monoisotopic (exact) mass is 552 g/mol. The van der Waals surface area contributed by atoms with Crippen LogP contribution in [-0.4, -0.2) is 33.7 Å². The fraction of sp³-hybridized carbons (Fsp3) is 0.379. The van der Waals surface area contributed by atoms with Gasteiger partial charge in [0, 0.05) is 31.1 Å². The van der Waals surface area contributed by atoms with Crippen LogP contribution in [0.2, 0.25) is 5.02 Å². The van der Waals surface area contributed by atoms with Gasteiger partial charge < -0.3 is 10.6 Å². The number of benzene rings is 2. The molecule has 4 rings (SSSR count). The van der Waals surface area contributed by atoms with Crippen molar-refractivity contribution < 1.29 is 9.59 Å². The number of hydrogen-bond donors (Lipinski definition) is 2. The van der Waals surface area contributed by atoms with Crippen molar-refractivity contribution in [3.63, 3.8) is 0 Å². The van der Waals surface area contributed by atoms with Gasteiger partial charge in [-0.25, -0.2) is 4.98 Å². The second-order valence-electron chi connectivity index (χ2n) is 9.38. The molecule has 1 heterocycles. The maximum Gasteiger partial charge on any atom is 0.262 e. The molecule has 0 aliphatic heterocycles. The summed E-state index contributed by atoms with van der Waals surface area (Å²) >= 11 is 7.25. The highest BCUT2D eigenvalue weighted by Crippen LogP contribution is 2.20. The molecule has 0 saturated carbocycles. The van der Waals surface area contributed by atoms with E-state index in [1.807, 2.05) is 24.3 Å². The van der Waals surface area contributed by atoms with Gasteiger partial charge in [0.15, 0.2) is 5.16 Å². The molecule has 0 spiro atoms. The minimum absolute atomic E-state index is 0.0826. The maximum atomic E-state index is 13.2. The molecule has 1 aromatic heterocycles. The van der Waals surface area contributed by atoms with Crippen molar-refractivity contribution >= 4 is 46.1 Å². The Balaban J connectivity index is 1.33. The summed E-state index contributed by atoms with van der Waals surface area (Å²) in [4.78, 5) is 42.8. The predicted molar refractivity (Wildman–Crippen MR) is 153 cm³/mol. The summed E-state index contributed by atoms with van der Waals surface area (Å²) in [6.07, 6.45) is 8.64. The first-order chi connectivity index (χ1) is 18.5. The van der Waals surface area contributed by atoms with Crippen molar-refractivity contribution in [1.29, 1.82) is 0 Å². The van der Waals surface area contributed by atoms with E-state index in [4.69, 9.17) is 11.6 Å². The molecule has 1 aliphatic rings. The lowest BCUT2D eigenvalue weighted by atomic mass is 9.97. The Labute approximate surface area is 232 Å². The number of halogens is 1. The van der Waals surface area contributed by atoms with Crippen LogP contribution in [0.3, 0.4) is 0 Å². The topological polar surface area (TPSA) is 93.1 Å². The van der Waals surface area contributed by atoms with Crippen molar-refractivity contribution in [1.82, 2.24) is 20.2 Å². The standard InChI is InChI=1S/C29H33ClN4O3S/c30-23-11-6-10-22(18-23)19-32-26(35)14-7-17-34-28(37)24-12-4-5-13-25(24)33-29(34)38-20-27(36)31-16-15-21-8-2-1-3-9-21/h4-6,8,10-13,18H,1-3,7,9,14-17,19-20H2,(H,31,36)(H,32,35). The number of aromatic nitrogens is 2. The zero-order valence-electron chi connectivity index (χ0n) is 21.4. The van der Waals surface area contributed by atoms with Crippen LogP contribution < -0.4 is 16.2 Å². The molecule has 0 radical (unpaired) electrons. The van der Waals surface area contributed by atoms with Crippen molar-refractivity contribution in [3.8, 4) is 0 Å². The number of thioether (sulfide) groups is 1. The molecule has 1 aliphatic carbocycles. The molecule has 0 bridgehead atoms. The number of amides is 2. The van der Waals surface area contributed by atoms with Gasteiger partial charge in [-0.1, -0.05) is 59.3 Å². The molecule has 9 heteroatoms. The van der Waals surface area contributed by atoms with E-state index < -0.39 is 0 Å². The Hall–Kier alpha value is -3.10. The Morgan fingerprint density at radius 2 is 1.92 bits per heavy atom. The summed E-state index contributed by atoms with van der Waals surface area (Å²) in [5.41, 5.74) is 2.78. The van der Waals surface area contributed by atoms with Crippen molar-refractivity contribution in [2.24, 2.45) is 0 Å². The smallest absolute Gasteiger partial charge is 0.262 e. The quantitative estimate of drug-likeness (QED) is 0.182. The number of fused-ring (bicyclic) bond motifs is 1. The number of carbonyl (C=O) groups excluding carboxylic acids is 2. The van der Waals surface area contributed by atoms with Gasteiger partial charge in [0.25, 0.3) is 5.56 Å². The highest BCUT2D eigenvalue weighted by molar-refractivity contribution is 7.99. The number of hydrogen-bond acceptors (Lipinski definition) is 5. The summed E-state index contributed by atoms with van der Waals surface area (Å²) in [6, 6.07) is 14.5. The maximum absolute atomic E-state index is 13.2. The molecule has 0 atom stereocenters.